The molecule has 3 aromatic rings. The van der Waals surface area contributed by atoms with Crippen molar-refractivity contribution in [3.63, 3.8) is 0 Å². The van der Waals surface area contributed by atoms with Crippen LogP contribution >= 0.6 is 0 Å². The van der Waals surface area contributed by atoms with Gasteiger partial charge in [-0.2, -0.15) is 0 Å². The van der Waals surface area contributed by atoms with Crippen molar-refractivity contribution in [1.29, 1.82) is 0 Å². The summed E-state index contributed by atoms with van der Waals surface area (Å²) >= 11 is 0. The first-order chi connectivity index (χ1) is 13.2. The first-order valence-electron chi connectivity index (χ1n) is 8.94. The van der Waals surface area contributed by atoms with E-state index >= 15 is 0 Å². The molecule has 27 heavy (non-hydrogen) atoms. The molecule has 3 rings (SSSR count). The second-order valence-electron chi connectivity index (χ2n) is 6.05. The third-order valence-electron chi connectivity index (χ3n) is 4.26. The molecule has 3 aromatic carbocycles. The van der Waals surface area contributed by atoms with Gasteiger partial charge in [-0.15, -0.1) is 0 Å². The van der Waals surface area contributed by atoms with Crippen LogP contribution in [0.1, 0.15) is 22.8 Å². The maximum absolute atomic E-state index is 12.4. The molecule has 0 atom stereocenters. The van der Waals surface area contributed by atoms with Crippen LogP contribution in [0.5, 0.6) is 5.75 Å². The number of hydrogen-bond donors (Lipinski definition) is 1. The minimum absolute atomic E-state index is 0.321. The Balaban J connectivity index is 1.91. The van der Waals surface area contributed by atoms with Crippen molar-refractivity contribution in [1.82, 2.24) is 0 Å². The van der Waals surface area contributed by atoms with Gasteiger partial charge >= 0.3 is 5.97 Å². The number of carbonyl (C=O) groups is 1. The fourth-order valence-electron chi connectivity index (χ4n) is 2.85. The van der Waals surface area contributed by atoms with Crippen molar-refractivity contribution < 1.29 is 14.3 Å². The highest BCUT2D eigenvalue weighted by atomic mass is 16.5. The van der Waals surface area contributed by atoms with Gasteiger partial charge in [0, 0.05) is 12.2 Å². The van der Waals surface area contributed by atoms with Gasteiger partial charge in [0.2, 0.25) is 0 Å². The fraction of sp³-hybridized carbons (Fsp3) is 0.174. The summed E-state index contributed by atoms with van der Waals surface area (Å²) in [6, 6.07) is 23.5. The van der Waals surface area contributed by atoms with Crippen molar-refractivity contribution >= 4 is 11.7 Å². The number of benzene rings is 3. The van der Waals surface area contributed by atoms with Crippen LogP contribution in [0.25, 0.3) is 11.1 Å². The Morgan fingerprint density at radius 2 is 1.70 bits per heavy atom. The highest BCUT2D eigenvalue weighted by Gasteiger charge is 2.15. The molecule has 0 bridgehead atoms. The Hall–Kier alpha value is -3.27. The molecule has 0 fully saturated rings. The number of ether oxygens (including phenoxy) is 2. The molecule has 138 valence electrons. The third kappa shape index (κ3) is 4.67. The summed E-state index contributed by atoms with van der Waals surface area (Å²) in [6.45, 7) is 2.86. The lowest BCUT2D eigenvalue weighted by Gasteiger charge is -2.13. The standard InChI is InChI=1S/C23H23NO3/c1-3-27-23(25)21-14-11-19(24-16-17-7-5-4-6-8-17)15-22(21)18-9-12-20(26-2)13-10-18/h4-15,24H,3,16H2,1-2H3. The number of rotatable bonds is 7. The van der Waals surface area contributed by atoms with E-state index < -0.39 is 0 Å². The van der Waals surface area contributed by atoms with Gasteiger partial charge in [-0.25, -0.2) is 4.79 Å². The van der Waals surface area contributed by atoms with Crippen molar-refractivity contribution in [2.45, 2.75) is 13.5 Å². The molecule has 0 radical (unpaired) electrons. The SMILES string of the molecule is CCOC(=O)c1ccc(NCc2ccccc2)cc1-c1ccc(OC)cc1. The largest absolute Gasteiger partial charge is 0.497 e. The molecule has 0 heterocycles. The molecule has 0 aliphatic rings. The number of anilines is 1. The Labute approximate surface area is 159 Å². The summed E-state index contributed by atoms with van der Waals surface area (Å²) in [5.74, 6) is 0.452. The highest BCUT2D eigenvalue weighted by Crippen LogP contribution is 2.29. The van der Waals surface area contributed by atoms with Gasteiger partial charge in [-0.3, -0.25) is 0 Å². The van der Waals surface area contributed by atoms with Crippen LogP contribution in [-0.2, 0) is 11.3 Å². The zero-order valence-corrected chi connectivity index (χ0v) is 15.6. The molecule has 0 saturated heterocycles. The van der Waals surface area contributed by atoms with Crippen LogP contribution in [0.2, 0.25) is 0 Å². The summed E-state index contributed by atoms with van der Waals surface area (Å²) in [5, 5.41) is 3.41. The lowest BCUT2D eigenvalue weighted by Crippen LogP contribution is -2.07. The van der Waals surface area contributed by atoms with Crippen LogP contribution in [0.4, 0.5) is 5.69 Å². The maximum atomic E-state index is 12.4. The van der Waals surface area contributed by atoms with E-state index in [0.717, 1.165) is 22.6 Å². The van der Waals surface area contributed by atoms with Gasteiger partial charge in [0.05, 0.1) is 19.3 Å². The van der Waals surface area contributed by atoms with E-state index in [-0.39, 0.29) is 5.97 Å². The molecule has 0 spiro atoms. The van der Waals surface area contributed by atoms with Gasteiger partial charge in [0.15, 0.2) is 0 Å². The molecule has 0 saturated carbocycles. The second kappa shape index (κ2) is 8.90. The highest BCUT2D eigenvalue weighted by molar-refractivity contribution is 5.98. The summed E-state index contributed by atoms with van der Waals surface area (Å²) in [6.07, 6.45) is 0. The first kappa shape index (κ1) is 18.5. The predicted octanol–water partition coefficient (Wildman–Crippen LogP) is 5.15. The normalized spacial score (nSPS) is 10.3. The summed E-state index contributed by atoms with van der Waals surface area (Å²) < 4.78 is 10.4. The monoisotopic (exact) mass is 361 g/mol. The molecule has 0 aromatic heterocycles. The van der Waals surface area contributed by atoms with Crippen LogP contribution in [0.3, 0.4) is 0 Å². The smallest absolute Gasteiger partial charge is 0.338 e. The Bertz CT molecular complexity index is 889. The summed E-state index contributed by atoms with van der Waals surface area (Å²) in [4.78, 5) is 12.4. The molecular formula is C23H23NO3. The number of nitrogens with one attached hydrogen (secondary N) is 1. The first-order valence-corrected chi connectivity index (χ1v) is 8.94. The van der Waals surface area contributed by atoms with Gasteiger partial charge in [-0.1, -0.05) is 42.5 Å². The van der Waals surface area contributed by atoms with Crippen molar-refractivity contribution in [2.75, 3.05) is 19.0 Å². The lowest BCUT2D eigenvalue weighted by molar-refractivity contribution is 0.0527. The minimum Gasteiger partial charge on any atom is -0.497 e. The Morgan fingerprint density at radius 3 is 2.37 bits per heavy atom. The molecule has 4 heteroatoms. The average Bonchev–Trinajstić information content (AvgIpc) is 2.73. The fourth-order valence-corrected chi connectivity index (χ4v) is 2.85. The Morgan fingerprint density at radius 1 is 0.963 bits per heavy atom. The van der Waals surface area contributed by atoms with E-state index in [1.165, 1.54) is 5.56 Å². The van der Waals surface area contributed by atoms with Crippen LogP contribution in [0, 0.1) is 0 Å². The average molecular weight is 361 g/mol. The maximum Gasteiger partial charge on any atom is 0.338 e. The molecule has 0 aliphatic carbocycles. The van der Waals surface area contributed by atoms with Crippen LogP contribution in [0.15, 0.2) is 72.8 Å². The predicted molar refractivity (Wildman–Crippen MR) is 108 cm³/mol. The molecule has 1 N–H and O–H groups in total. The van der Waals surface area contributed by atoms with E-state index in [4.69, 9.17) is 9.47 Å². The molecule has 4 nitrogen and oxygen atoms in total. The van der Waals surface area contributed by atoms with Gasteiger partial charge in [0.25, 0.3) is 0 Å². The Kier molecular flexibility index (Phi) is 6.10. The molecule has 0 amide bonds. The topological polar surface area (TPSA) is 47.6 Å². The molecule has 0 unspecified atom stereocenters. The zero-order chi connectivity index (χ0) is 19.1. The zero-order valence-electron chi connectivity index (χ0n) is 15.6. The van der Waals surface area contributed by atoms with E-state index in [2.05, 4.69) is 17.4 Å². The van der Waals surface area contributed by atoms with Crippen molar-refractivity contribution in [3.8, 4) is 16.9 Å². The van der Waals surface area contributed by atoms with Gasteiger partial charge in [0.1, 0.15) is 5.75 Å². The van der Waals surface area contributed by atoms with Gasteiger partial charge < -0.3 is 14.8 Å². The van der Waals surface area contributed by atoms with Gasteiger partial charge in [-0.05, 0) is 53.9 Å². The van der Waals surface area contributed by atoms with E-state index in [1.807, 2.05) is 60.7 Å². The van der Waals surface area contributed by atoms with Crippen molar-refractivity contribution in [2.24, 2.45) is 0 Å². The molecule has 0 aliphatic heterocycles. The third-order valence-corrected chi connectivity index (χ3v) is 4.26. The minimum atomic E-state index is -0.321. The van der Waals surface area contributed by atoms with Crippen LogP contribution in [-0.4, -0.2) is 19.7 Å². The van der Waals surface area contributed by atoms with E-state index in [0.29, 0.717) is 18.7 Å². The lowest BCUT2D eigenvalue weighted by atomic mass is 9.98. The van der Waals surface area contributed by atoms with E-state index in [9.17, 15) is 4.79 Å². The summed E-state index contributed by atoms with van der Waals surface area (Å²) in [7, 11) is 1.63. The number of esters is 1. The van der Waals surface area contributed by atoms with Crippen LogP contribution < -0.4 is 10.1 Å². The number of methoxy groups -OCH3 is 1. The number of carbonyl (C=O) groups excluding carboxylic acids is 1. The molecular weight excluding hydrogens is 338 g/mol. The van der Waals surface area contributed by atoms with E-state index in [1.54, 1.807) is 14.0 Å². The van der Waals surface area contributed by atoms with Crippen molar-refractivity contribution in [3.05, 3.63) is 83.9 Å². The summed E-state index contributed by atoms with van der Waals surface area (Å²) in [5.41, 5.74) is 4.44. The quantitative estimate of drug-likeness (QED) is 0.591. The second-order valence-corrected chi connectivity index (χ2v) is 6.05. The number of hydrogen-bond acceptors (Lipinski definition) is 4.